The minimum absolute atomic E-state index is 0.117. The summed E-state index contributed by atoms with van der Waals surface area (Å²) in [6.07, 6.45) is 10.5. The van der Waals surface area contributed by atoms with Crippen molar-refractivity contribution < 1.29 is 20.1 Å². The molecule has 194 valence electrons. The van der Waals surface area contributed by atoms with E-state index in [4.69, 9.17) is 9.73 Å². The van der Waals surface area contributed by atoms with Gasteiger partial charge < -0.3 is 20.1 Å². The fourth-order valence-electron chi connectivity index (χ4n) is 9.34. The second kappa shape index (κ2) is 8.54. The Morgan fingerprint density at radius 3 is 2.56 bits per heavy atom. The number of fused-ring (bicyclic) bond motifs is 5. The normalized spacial score (nSPS) is 46.1. The molecule has 5 nitrogen and oxygen atoms in total. The Balaban J connectivity index is 1.35. The average molecular weight is 492 g/mol. The van der Waals surface area contributed by atoms with Crippen LogP contribution < -0.4 is 0 Å². The summed E-state index contributed by atoms with van der Waals surface area (Å²) in [5, 5.41) is 35.2. The molecule has 5 unspecified atom stereocenters. The maximum absolute atomic E-state index is 12.5. The molecule has 6 rings (SSSR count). The SMILES string of the molecule is C=C1C=C(C2CCC3(O)[C@@H]4CCC5(O)C[C@H](O)CCC5(C=NCc5ccccc5)[C@H]4CCC23C)CO1. The maximum Gasteiger partial charge on any atom is 0.112 e. The monoisotopic (exact) mass is 491 g/mol. The first kappa shape index (κ1) is 24.4. The number of benzene rings is 1. The maximum atomic E-state index is 12.5. The molecule has 4 fully saturated rings. The van der Waals surface area contributed by atoms with Gasteiger partial charge in [0.2, 0.25) is 0 Å². The molecule has 0 radical (unpaired) electrons. The lowest BCUT2D eigenvalue weighted by atomic mass is 9.41. The van der Waals surface area contributed by atoms with Crippen molar-refractivity contribution >= 4 is 6.21 Å². The van der Waals surface area contributed by atoms with Crippen LogP contribution in [0.5, 0.6) is 0 Å². The number of aliphatic hydroxyl groups is 3. The third-order valence-corrected chi connectivity index (χ3v) is 11.2. The fourth-order valence-corrected chi connectivity index (χ4v) is 9.34. The minimum Gasteiger partial charge on any atom is -0.490 e. The summed E-state index contributed by atoms with van der Waals surface area (Å²) in [5.41, 5.74) is -0.0390. The highest BCUT2D eigenvalue weighted by molar-refractivity contribution is 5.70. The first-order chi connectivity index (χ1) is 17.2. The summed E-state index contributed by atoms with van der Waals surface area (Å²) in [4.78, 5) is 4.93. The van der Waals surface area contributed by atoms with E-state index in [0.29, 0.717) is 38.3 Å². The predicted molar refractivity (Wildman–Crippen MR) is 140 cm³/mol. The second-order valence-electron chi connectivity index (χ2n) is 12.6. The Morgan fingerprint density at radius 1 is 1.03 bits per heavy atom. The lowest BCUT2D eigenvalue weighted by Gasteiger charge is -2.65. The molecule has 3 N–H and O–H groups in total. The van der Waals surface area contributed by atoms with E-state index >= 15 is 0 Å². The Bertz CT molecular complexity index is 1080. The van der Waals surface area contributed by atoms with Gasteiger partial charge in [0.05, 0.1) is 23.9 Å². The van der Waals surface area contributed by atoms with E-state index in [0.717, 1.165) is 49.8 Å². The number of ether oxygens (including phenoxy) is 1. The smallest absolute Gasteiger partial charge is 0.112 e. The van der Waals surface area contributed by atoms with Crippen molar-refractivity contribution in [1.82, 2.24) is 0 Å². The van der Waals surface area contributed by atoms with E-state index in [1.807, 2.05) is 18.2 Å². The molecule has 0 amide bonds. The van der Waals surface area contributed by atoms with Gasteiger partial charge in [0, 0.05) is 23.5 Å². The van der Waals surface area contributed by atoms with Crippen LogP contribution in [0, 0.1) is 28.6 Å². The van der Waals surface area contributed by atoms with Gasteiger partial charge in [0.1, 0.15) is 12.4 Å². The molecule has 1 aliphatic heterocycles. The molecular weight excluding hydrogens is 450 g/mol. The molecule has 4 saturated carbocycles. The number of hydrogen-bond donors (Lipinski definition) is 3. The highest BCUT2D eigenvalue weighted by Gasteiger charge is 2.71. The summed E-state index contributed by atoms with van der Waals surface area (Å²) in [5.74, 6) is 1.31. The highest BCUT2D eigenvalue weighted by Crippen LogP contribution is 2.70. The molecule has 36 heavy (non-hydrogen) atoms. The molecule has 5 heteroatoms. The van der Waals surface area contributed by atoms with Crippen molar-refractivity contribution in [3.63, 3.8) is 0 Å². The van der Waals surface area contributed by atoms with E-state index in [2.05, 4.69) is 37.9 Å². The summed E-state index contributed by atoms with van der Waals surface area (Å²) in [6.45, 7) is 7.45. The van der Waals surface area contributed by atoms with Gasteiger partial charge in [-0.15, -0.1) is 0 Å². The topological polar surface area (TPSA) is 82.3 Å². The summed E-state index contributed by atoms with van der Waals surface area (Å²) in [6, 6.07) is 10.2. The van der Waals surface area contributed by atoms with Gasteiger partial charge in [-0.2, -0.15) is 0 Å². The Labute approximate surface area is 215 Å². The summed E-state index contributed by atoms with van der Waals surface area (Å²) < 4.78 is 5.69. The van der Waals surface area contributed by atoms with Crippen molar-refractivity contribution in [2.45, 2.75) is 88.6 Å². The van der Waals surface area contributed by atoms with Gasteiger partial charge >= 0.3 is 0 Å². The molecule has 5 aliphatic rings. The van der Waals surface area contributed by atoms with Crippen LogP contribution in [0.25, 0.3) is 0 Å². The number of aliphatic imine (C=N–C) groups is 1. The molecule has 0 aromatic heterocycles. The Kier molecular flexibility index (Phi) is 5.79. The first-order valence-corrected chi connectivity index (χ1v) is 13.9. The standard InChI is InChI=1S/C31H41NO4/c1-21-16-23(19-36-21)25-11-15-31(35)27-10-14-30(34)17-24(33)8-13-29(30,26(27)9-12-28(25,31)2)20-32-18-22-6-4-3-5-7-22/h3-7,16,20,24-27,33-35H,1,8-15,17-19H2,2H3/t24-,25?,26+,27-,28?,29?,30?,31?/m1/s1. The molecule has 1 heterocycles. The van der Waals surface area contributed by atoms with Gasteiger partial charge in [0.25, 0.3) is 0 Å². The van der Waals surface area contributed by atoms with Crippen LogP contribution >= 0.6 is 0 Å². The minimum atomic E-state index is -0.978. The molecule has 0 spiro atoms. The molecule has 4 aliphatic carbocycles. The van der Waals surface area contributed by atoms with Crippen molar-refractivity contribution in [2.75, 3.05) is 6.61 Å². The zero-order valence-corrected chi connectivity index (χ0v) is 21.5. The van der Waals surface area contributed by atoms with Gasteiger partial charge in [-0.25, -0.2) is 0 Å². The largest absolute Gasteiger partial charge is 0.490 e. The van der Waals surface area contributed by atoms with Gasteiger partial charge in [-0.3, -0.25) is 4.99 Å². The van der Waals surface area contributed by atoms with Crippen LogP contribution in [0.4, 0.5) is 0 Å². The lowest BCUT2D eigenvalue weighted by Crippen LogP contribution is -2.68. The van der Waals surface area contributed by atoms with Crippen LogP contribution in [0.3, 0.4) is 0 Å². The van der Waals surface area contributed by atoms with Crippen molar-refractivity contribution in [1.29, 1.82) is 0 Å². The zero-order valence-electron chi connectivity index (χ0n) is 21.5. The number of nitrogens with zero attached hydrogens (tertiary/aromatic N) is 1. The third-order valence-electron chi connectivity index (χ3n) is 11.2. The van der Waals surface area contributed by atoms with Crippen molar-refractivity contribution in [3.05, 3.63) is 59.9 Å². The van der Waals surface area contributed by atoms with E-state index in [1.165, 1.54) is 5.57 Å². The molecule has 8 atom stereocenters. The number of rotatable bonds is 4. The summed E-state index contributed by atoms with van der Waals surface area (Å²) >= 11 is 0. The molecular formula is C31H41NO4. The van der Waals surface area contributed by atoms with Crippen LogP contribution in [0.2, 0.25) is 0 Å². The average Bonchev–Trinajstić information content (AvgIpc) is 3.40. The van der Waals surface area contributed by atoms with Crippen molar-refractivity contribution in [2.24, 2.45) is 33.6 Å². The van der Waals surface area contributed by atoms with Gasteiger partial charge in [-0.1, -0.05) is 43.8 Å². The van der Waals surface area contributed by atoms with Gasteiger partial charge in [0.15, 0.2) is 0 Å². The van der Waals surface area contributed by atoms with E-state index < -0.39 is 22.7 Å². The van der Waals surface area contributed by atoms with Crippen LogP contribution in [-0.4, -0.2) is 45.4 Å². The lowest BCUT2D eigenvalue weighted by molar-refractivity contribution is -0.237. The quantitative estimate of drug-likeness (QED) is 0.520. The van der Waals surface area contributed by atoms with Gasteiger partial charge in [-0.05, 0) is 86.3 Å². The Morgan fingerprint density at radius 2 is 1.81 bits per heavy atom. The van der Waals surface area contributed by atoms with E-state index in [1.54, 1.807) is 0 Å². The molecule has 0 bridgehead atoms. The number of aliphatic hydroxyl groups excluding tert-OH is 1. The second-order valence-corrected chi connectivity index (χ2v) is 12.6. The van der Waals surface area contributed by atoms with Crippen molar-refractivity contribution in [3.8, 4) is 0 Å². The zero-order chi connectivity index (χ0) is 25.2. The highest BCUT2D eigenvalue weighted by atomic mass is 16.5. The molecule has 1 aromatic carbocycles. The first-order valence-electron chi connectivity index (χ1n) is 13.9. The number of hydrogen-bond acceptors (Lipinski definition) is 5. The Hall–Kier alpha value is -1.95. The molecule has 0 saturated heterocycles. The molecule has 1 aromatic rings. The summed E-state index contributed by atoms with van der Waals surface area (Å²) in [7, 11) is 0. The van der Waals surface area contributed by atoms with E-state index in [-0.39, 0.29) is 17.3 Å². The fraction of sp³-hybridized carbons (Fsp3) is 0.645. The predicted octanol–water partition coefficient (Wildman–Crippen LogP) is 4.96. The van der Waals surface area contributed by atoms with Crippen LogP contribution in [0.15, 0.2) is 59.3 Å². The third kappa shape index (κ3) is 3.42. The van der Waals surface area contributed by atoms with E-state index in [9.17, 15) is 15.3 Å². The van der Waals surface area contributed by atoms with Crippen LogP contribution in [-0.2, 0) is 11.3 Å². The van der Waals surface area contributed by atoms with Crippen LogP contribution in [0.1, 0.15) is 70.3 Å². The number of allylic oxidation sites excluding steroid dienone is 1.